The van der Waals surface area contributed by atoms with Gasteiger partial charge in [-0.2, -0.15) is 11.3 Å². The molecule has 3 nitrogen and oxygen atoms in total. The van der Waals surface area contributed by atoms with Crippen molar-refractivity contribution >= 4 is 17.2 Å². The molecule has 0 fully saturated rings. The minimum absolute atomic E-state index is 0.208. The molecule has 4 heteroatoms. The predicted molar refractivity (Wildman–Crippen MR) is 54.4 cm³/mol. The van der Waals surface area contributed by atoms with Crippen LogP contribution in [0.1, 0.15) is 12.5 Å². The first kappa shape index (κ1) is 10.2. The molecule has 0 bridgehead atoms. The second-order valence-electron chi connectivity index (χ2n) is 3.13. The fourth-order valence-corrected chi connectivity index (χ4v) is 1.68. The van der Waals surface area contributed by atoms with Crippen LogP contribution in [0.5, 0.6) is 0 Å². The average Bonchev–Trinajstić information content (AvgIpc) is 2.55. The maximum Gasteiger partial charge on any atom is 0.234 e. The number of amides is 1. The van der Waals surface area contributed by atoms with Crippen LogP contribution in [0, 0.1) is 0 Å². The van der Waals surface area contributed by atoms with Crippen molar-refractivity contribution < 1.29 is 4.79 Å². The lowest BCUT2D eigenvalue weighted by atomic mass is 10.2. The van der Waals surface area contributed by atoms with Crippen LogP contribution in [-0.4, -0.2) is 23.9 Å². The van der Waals surface area contributed by atoms with Gasteiger partial charge in [0.1, 0.15) is 0 Å². The molecular weight excluding hydrogens is 184 g/mol. The predicted octanol–water partition coefficient (Wildman–Crippen LogP) is 1.05. The molecule has 2 N–H and O–H groups in total. The van der Waals surface area contributed by atoms with Crippen LogP contribution in [0.4, 0.5) is 0 Å². The SMILES string of the molecule is CC(C(N)=O)N(C)Cc1ccsc1. The van der Waals surface area contributed by atoms with Crippen LogP contribution in [0.3, 0.4) is 0 Å². The third kappa shape index (κ3) is 2.82. The van der Waals surface area contributed by atoms with E-state index in [1.54, 1.807) is 11.3 Å². The number of nitrogens with zero attached hydrogens (tertiary/aromatic N) is 1. The Bertz CT molecular complexity index is 271. The van der Waals surface area contributed by atoms with Crippen molar-refractivity contribution in [3.8, 4) is 0 Å². The first-order valence-corrected chi connectivity index (χ1v) is 5.06. The molecule has 0 saturated heterocycles. The summed E-state index contributed by atoms with van der Waals surface area (Å²) < 4.78 is 0. The zero-order chi connectivity index (χ0) is 9.84. The molecule has 0 aliphatic rings. The zero-order valence-electron chi connectivity index (χ0n) is 7.86. The Kier molecular flexibility index (Phi) is 3.45. The van der Waals surface area contributed by atoms with Crippen LogP contribution in [0.15, 0.2) is 16.8 Å². The van der Waals surface area contributed by atoms with Crippen LogP contribution >= 0.6 is 11.3 Å². The smallest absolute Gasteiger partial charge is 0.234 e. The molecular formula is C9H14N2OS. The molecule has 1 heterocycles. The van der Waals surface area contributed by atoms with Gasteiger partial charge in [0.05, 0.1) is 6.04 Å². The number of nitrogens with two attached hydrogens (primary N) is 1. The van der Waals surface area contributed by atoms with Crippen LogP contribution in [0.2, 0.25) is 0 Å². The van der Waals surface area contributed by atoms with E-state index in [4.69, 9.17) is 5.73 Å². The molecule has 1 aromatic heterocycles. The standard InChI is InChI=1S/C9H14N2OS/c1-7(9(10)12)11(2)5-8-3-4-13-6-8/h3-4,6-7H,5H2,1-2H3,(H2,10,12). The van der Waals surface area contributed by atoms with Crippen LogP contribution in [-0.2, 0) is 11.3 Å². The first-order chi connectivity index (χ1) is 6.11. The molecule has 1 rings (SSSR count). The van der Waals surface area contributed by atoms with Crippen molar-refractivity contribution in [3.63, 3.8) is 0 Å². The summed E-state index contributed by atoms with van der Waals surface area (Å²) in [6.07, 6.45) is 0. The van der Waals surface area contributed by atoms with Gasteiger partial charge in [-0.05, 0) is 36.4 Å². The van der Waals surface area contributed by atoms with Gasteiger partial charge < -0.3 is 5.73 Å². The number of rotatable bonds is 4. The molecule has 0 aliphatic heterocycles. The highest BCUT2D eigenvalue weighted by atomic mass is 32.1. The Morgan fingerprint density at radius 1 is 1.77 bits per heavy atom. The lowest BCUT2D eigenvalue weighted by molar-refractivity contribution is -0.122. The van der Waals surface area contributed by atoms with Gasteiger partial charge in [-0.15, -0.1) is 0 Å². The molecule has 1 unspecified atom stereocenters. The highest BCUT2D eigenvalue weighted by Gasteiger charge is 2.14. The number of hydrogen-bond donors (Lipinski definition) is 1. The summed E-state index contributed by atoms with van der Waals surface area (Å²) in [7, 11) is 1.90. The Morgan fingerprint density at radius 2 is 2.46 bits per heavy atom. The third-order valence-electron chi connectivity index (χ3n) is 2.08. The Labute approximate surface area is 82.2 Å². The molecule has 72 valence electrons. The molecule has 0 saturated carbocycles. The topological polar surface area (TPSA) is 46.3 Å². The highest BCUT2D eigenvalue weighted by molar-refractivity contribution is 7.07. The van der Waals surface area contributed by atoms with Gasteiger partial charge in [0, 0.05) is 6.54 Å². The van der Waals surface area contributed by atoms with Gasteiger partial charge in [0.15, 0.2) is 0 Å². The first-order valence-electron chi connectivity index (χ1n) is 4.12. The van der Waals surface area contributed by atoms with Gasteiger partial charge in [-0.3, -0.25) is 9.69 Å². The molecule has 0 aromatic carbocycles. The van der Waals surface area contributed by atoms with Gasteiger partial charge in [-0.25, -0.2) is 0 Å². The van der Waals surface area contributed by atoms with Gasteiger partial charge in [0.2, 0.25) is 5.91 Å². The van der Waals surface area contributed by atoms with Crippen LogP contribution < -0.4 is 5.73 Å². The fourth-order valence-electron chi connectivity index (χ4n) is 1.02. The van der Waals surface area contributed by atoms with E-state index in [0.717, 1.165) is 6.54 Å². The molecule has 0 spiro atoms. The van der Waals surface area contributed by atoms with Gasteiger partial charge in [-0.1, -0.05) is 0 Å². The minimum atomic E-state index is -0.280. The van der Waals surface area contributed by atoms with Crippen molar-refractivity contribution in [1.29, 1.82) is 0 Å². The maximum absolute atomic E-state index is 10.9. The van der Waals surface area contributed by atoms with E-state index in [1.807, 2.05) is 24.3 Å². The van der Waals surface area contributed by atoms with E-state index >= 15 is 0 Å². The third-order valence-corrected chi connectivity index (χ3v) is 2.82. The molecule has 0 radical (unpaired) electrons. The molecule has 1 amide bonds. The summed E-state index contributed by atoms with van der Waals surface area (Å²) in [5.74, 6) is -0.280. The largest absolute Gasteiger partial charge is 0.368 e. The van der Waals surface area contributed by atoms with E-state index in [0.29, 0.717) is 0 Å². The van der Waals surface area contributed by atoms with Crippen molar-refractivity contribution in [2.24, 2.45) is 5.73 Å². The molecule has 0 aliphatic carbocycles. The summed E-state index contributed by atoms with van der Waals surface area (Å²) in [6.45, 7) is 2.59. The van der Waals surface area contributed by atoms with Crippen molar-refractivity contribution in [2.75, 3.05) is 7.05 Å². The second-order valence-corrected chi connectivity index (χ2v) is 3.91. The Hall–Kier alpha value is -0.870. The summed E-state index contributed by atoms with van der Waals surface area (Å²) in [5.41, 5.74) is 6.41. The number of hydrogen-bond acceptors (Lipinski definition) is 3. The van der Waals surface area contributed by atoms with E-state index < -0.39 is 0 Å². The molecule has 1 atom stereocenters. The lowest BCUT2D eigenvalue weighted by Gasteiger charge is -2.20. The second kappa shape index (κ2) is 4.39. The lowest BCUT2D eigenvalue weighted by Crippen LogP contribution is -2.39. The number of thiophene rings is 1. The number of primary amides is 1. The summed E-state index contributed by atoms with van der Waals surface area (Å²) in [5, 5.41) is 4.10. The normalized spacial score (nSPS) is 13.2. The fraction of sp³-hybridized carbons (Fsp3) is 0.444. The maximum atomic E-state index is 10.9. The van der Waals surface area contributed by atoms with E-state index in [9.17, 15) is 4.79 Å². The minimum Gasteiger partial charge on any atom is -0.368 e. The average molecular weight is 198 g/mol. The quantitative estimate of drug-likeness (QED) is 0.786. The summed E-state index contributed by atoms with van der Waals surface area (Å²) >= 11 is 1.66. The Morgan fingerprint density at radius 3 is 2.92 bits per heavy atom. The van der Waals surface area contributed by atoms with Crippen molar-refractivity contribution in [2.45, 2.75) is 19.5 Å². The van der Waals surface area contributed by atoms with Gasteiger partial charge >= 0.3 is 0 Å². The summed E-state index contributed by atoms with van der Waals surface area (Å²) in [4.78, 5) is 12.8. The monoisotopic (exact) mass is 198 g/mol. The van der Waals surface area contributed by atoms with Crippen LogP contribution in [0.25, 0.3) is 0 Å². The number of carbonyl (C=O) groups excluding carboxylic acids is 1. The number of carbonyl (C=O) groups is 1. The van der Waals surface area contributed by atoms with Gasteiger partial charge in [0.25, 0.3) is 0 Å². The van der Waals surface area contributed by atoms with E-state index in [2.05, 4.69) is 11.4 Å². The highest BCUT2D eigenvalue weighted by Crippen LogP contribution is 2.09. The molecule has 13 heavy (non-hydrogen) atoms. The zero-order valence-corrected chi connectivity index (χ0v) is 8.67. The van der Waals surface area contributed by atoms with Crippen molar-refractivity contribution in [1.82, 2.24) is 4.90 Å². The summed E-state index contributed by atoms with van der Waals surface area (Å²) in [6, 6.07) is 1.84. The molecule has 1 aromatic rings. The Balaban J connectivity index is 2.50. The van der Waals surface area contributed by atoms with Crippen molar-refractivity contribution in [3.05, 3.63) is 22.4 Å². The van der Waals surface area contributed by atoms with E-state index in [-0.39, 0.29) is 11.9 Å². The van der Waals surface area contributed by atoms with E-state index in [1.165, 1.54) is 5.56 Å². The number of likely N-dealkylation sites (N-methyl/N-ethyl adjacent to an activating group) is 1.